The number of hydrogen-bond acceptors (Lipinski definition) is 5. The van der Waals surface area contributed by atoms with Gasteiger partial charge in [-0.1, -0.05) is 30.3 Å². The second kappa shape index (κ2) is 9.12. The Bertz CT molecular complexity index is 1170. The molecule has 1 saturated heterocycles. The number of methoxy groups -OCH3 is 1. The van der Waals surface area contributed by atoms with Crippen LogP contribution < -0.4 is 4.74 Å². The molecule has 1 fully saturated rings. The van der Waals surface area contributed by atoms with Crippen LogP contribution in [0.15, 0.2) is 52.5 Å². The zero-order chi connectivity index (χ0) is 22.1. The molecule has 0 radical (unpaired) electrons. The third kappa shape index (κ3) is 4.21. The van der Waals surface area contributed by atoms with Crippen LogP contribution in [0.3, 0.4) is 0 Å². The highest BCUT2D eigenvalue weighted by molar-refractivity contribution is 8.13. The van der Waals surface area contributed by atoms with E-state index < -0.39 is 0 Å². The van der Waals surface area contributed by atoms with E-state index in [1.807, 2.05) is 12.1 Å². The molecule has 1 atom stereocenters. The smallest absolute Gasteiger partial charge is 0.166 e. The van der Waals surface area contributed by atoms with Gasteiger partial charge in [0.15, 0.2) is 5.17 Å². The Hall–Kier alpha value is -2.57. The van der Waals surface area contributed by atoms with Gasteiger partial charge in [0.2, 0.25) is 0 Å². The molecule has 2 aliphatic rings. The van der Waals surface area contributed by atoms with Crippen molar-refractivity contribution < 1.29 is 9.47 Å². The fraction of sp³-hybridized carbons (Fsp3) is 0.385. The average molecular weight is 448 g/mol. The number of rotatable bonds is 5. The molecule has 5 nitrogen and oxygen atoms in total. The molecule has 0 spiro atoms. The third-order valence-electron chi connectivity index (χ3n) is 6.38. The van der Waals surface area contributed by atoms with Gasteiger partial charge >= 0.3 is 0 Å². The lowest BCUT2D eigenvalue weighted by atomic mass is 10.0. The molecule has 2 aliphatic heterocycles. The van der Waals surface area contributed by atoms with Crippen molar-refractivity contribution in [1.82, 2.24) is 9.88 Å². The van der Waals surface area contributed by atoms with Gasteiger partial charge in [-0.3, -0.25) is 4.99 Å². The molecular formula is C26H29N3O2S. The van der Waals surface area contributed by atoms with Gasteiger partial charge in [0, 0.05) is 36.2 Å². The van der Waals surface area contributed by atoms with Crippen molar-refractivity contribution >= 4 is 27.8 Å². The Morgan fingerprint density at radius 1 is 1.22 bits per heavy atom. The number of aromatic nitrogens is 1. The van der Waals surface area contributed by atoms with Gasteiger partial charge in [0.25, 0.3) is 0 Å². The number of ether oxygens (including phenoxy) is 2. The maximum Gasteiger partial charge on any atom is 0.166 e. The highest BCUT2D eigenvalue weighted by atomic mass is 32.2. The molecule has 5 rings (SSSR count). The van der Waals surface area contributed by atoms with Gasteiger partial charge in [0.05, 0.1) is 25.3 Å². The van der Waals surface area contributed by atoms with E-state index in [0.29, 0.717) is 6.54 Å². The lowest BCUT2D eigenvalue weighted by Crippen LogP contribution is -2.32. The predicted molar refractivity (Wildman–Crippen MR) is 131 cm³/mol. The van der Waals surface area contributed by atoms with Crippen LogP contribution in [0.5, 0.6) is 5.75 Å². The zero-order valence-electron chi connectivity index (χ0n) is 18.9. The highest BCUT2D eigenvalue weighted by Crippen LogP contribution is 2.36. The summed E-state index contributed by atoms with van der Waals surface area (Å²) in [6.07, 6.45) is 2.45. The molecule has 1 aromatic heterocycles. The number of aliphatic imine (C=N–C) groups is 1. The van der Waals surface area contributed by atoms with E-state index in [1.54, 1.807) is 18.9 Å². The Morgan fingerprint density at radius 2 is 2.09 bits per heavy atom. The minimum Gasteiger partial charge on any atom is -0.496 e. The Kier molecular flexibility index (Phi) is 6.07. The van der Waals surface area contributed by atoms with Crippen LogP contribution in [0.2, 0.25) is 0 Å². The number of hydrogen-bond donors (Lipinski definition) is 0. The van der Waals surface area contributed by atoms with Gasteiger partial charge in [-0.15, -0.1) is 0 Å². The maximum atomic E-state index is 5.82. The topological polar surface area (TPSA) is 47.0 Å². The van der Waals surface area contributed by atoms with Crippen molar-refractivity contribution in [2.24, 2.45) is 4.99 Å². The van der Waals surface area contributed by atoms with Gasteiger partial charge in [-0.05, 0) is 61.7 Å². The second-order valence-corrected chi connectivity index (χ2v) is 9.52. The van der Waals surface area contributed by atoms with Crippen LogP contribution >= 0.6 is 11.8 Å². The first-order valence-electron chi connectivity index (χ1n) is 11.2. The summed E-state index contributed by atoms with van der Waals surface area (Å²) in [5.41, 5.74) is 6.02. The number of benzene rings is 2. The normalized spacial score (nSPS) is 19.5. The average Bonchev–Trinajstić information content (AvgIpc) is 3.33. The molecule has 0 amide bonds. The number of thioether (sulfide) groups is 1. The summed E-state index contributed by atoms with van der Waals surface area (Å²) in [5, 5.41) is 3.27. The van der Waals surface area contributed by atoms with Gasteiger partial charge < -0.3 is 14.4 Å². The first-order chi connectivity index (χ1) is 15.6. The standard InChI is InChI=1S/C26H29N3O2S/c1-17-10-11-19-13-21-16-29(15-20-7-4-5-9-23(20)30-3)26(27-14-22-8-6-12-31-22)32-25(21)28-24(19)18(17)2/h4-5,7,9-11,13,22H,6,8,12,14-16H2,1-3H3/t22-/m1/s1. The van der Waals surface area contributed by atoms with Gasteiger partial charge in [0.1, 0.15) is 10.8 Å². The van der Waals surface area contributed by atoms with Crippen molar-refractivity contribution in [3.05, 3.63) is 64.7 Å². The molecule has 3 aromatic rings. The van der Waals surface area contributed by atoms with Gasteiger partial charge in [-0.25, -0.2) is 4.98 Å². The van der Waals surface area contributed by atoms with Crippen LogP contribution in [0.4, 0.5) is 0 Å². The molecule has 0 aliphatic carbocycles. The van der Waals surface area contributed by atoms with E-state index in [9.17, 15) is 0 Å². The minimum atomic E-state index is 0.229. The van der Waals surface area contributed by atoms with Crippen LogP contribution in [0.25, 0.3) is 10.9 Å². The molecule has 3 heterocycles. The first-order valence-corrected chi connectivity index (χ1v) is 12.0. The lowest BCUT2D eigenvalue weighted by Gasteiger charge is -2.31. The van der Waals surface area contributed by atoms with E-state index in [-0.39, 0.29) is 6.10 Å². The highest BCUT2D eigenvalue weighted by Gasteiger charge is 2.26. The van der Waals surface area contributed by atoms with Crippen molar-refractivity contribution in [3.8, 4) is 5.75 Å². The summed E-state index contributed by atoms with van der Waals surface area (Å²) in [6.45, 7) is 7.37. The lowest BCUT2D eigenvalue weighted by molar-refractivity contribution is 0.117. The fourth-order valence-electron chi connectivity index (χ4n) is 4.40. The number of amidine groups is 1. The largest absolute Gasteiger partial charge is 0.496 e. The molecule has 2 aromatic carbocycles. The zero-order valence-corrected chi connectivity index (χ0v) is 19.7. The SMILES string of the molecule is COc1ccccc1CN1Cc2cc3ccc(C)c(C)c3nc2SC1=NC[C@H]1CCCO1. The van der Waals surface area contributed by atoms with E-state index >= 15 is 0 Å². The van der Waals surface area contributed by atoms with Crippen LogP contribution in [0, 0.1) is 13.8 Å². The molecule has 0 unspecified atom stereocenters. The van der Waals surface area contributed by atoms with Crippen LogP contribution in [-0.4, -0.2) is 41.4 Å². The number of nitrogens with zero attached hydrogens (tertiary/aromatic N) is 3. The molecular weight excluding hydrogens is 418 g/mol. The summed E-state index contributed by atoms with van der Waals surface area (Å²) in [5.74, 6) is 0.907. The fourth-order valence-corrected chi connectivity index (χ4v) is 5.36. The Balaban J connectivity index is 1.51. The summed E-state index contributed by atoms with van der Waals surface area (Å²) in [7, 11) is 1.73. The minimum absolute atomic E-state index is 0.229. The van der Waals surface area contributed by atoms with Crippen molar-refractivity contribution in [1.29, 1.82) is 0 Å². The summed E-state index contributed by atoms with van der Waals surface area (Å²) < 4.78 is 11.4. The Morgan fingerprint density at radius 3 is 2.91 bits per heavy atom. The summed E-state index contributed by atoms with van der Waals surface area (Å²) in [6, 6.07) is 14.9. The first kappa shape index (κ1) is 21.3. The van der Waals surface area contributed by atoms with Crippen molar-refractivity contribution in [2.75, 3.05) is 20.3 Å². The van der Waals surface area contributed by atoms with Crippen LogP contribution in [-0.2, 0) is 17.8 Å². The number of para-hydroxylation sites is 1. The van der Waals surface area contributed by atoms with Gasteiger partial charge in [-0.2, -0.15) is 0 Å². The van der Waals surface area contributed by atoms with E-state index in [1.165, 1.54) is 22.1 Å². The maximum absolute atomic E-state index is 5.82. The Labute approximate surface area is 193 Å². The number of fused-ring (bicyclic) bond motifs is 2. The molecule has 6 heteroatoms. The summed E-state index contributed by atoms with van der Waals surface area (Å²) >= 11 is 1.68. The molecule has 0 bridgehead atoms. The van der Waals surface area contributed by atoms with Crippen LogP contribution in [0.1, 0.15) is 35.1 Å². The van der Waals surface area contributed by atoms with E-state index in [4.69, 9.17) is 19.5 Å². The quantitative estimate of drug-likeness (QED) is 0.517. The molecule has 32 heavy (non-hydrogen) atoms. The number of pyridine rings is 1. The van der Waals surface area contributed by atoms with E-state index in [0.717, 1.165) is 59.6 Å². The monoisotopic (exact) mass is 447 g/mol. The summed E-state index contributed by atoms with van der Waals surface area (Å²) in [4.78, 5) is 12.4. The van der Waals surface area contributed by atoms with Crippen molar-refractivity contribution in [2.45, 2.75) is 50.9 Å². The molecule has 166 valence electrons. The predicted octanol–water partition coefficient (Wildman–Crippen LogP) is 5.50. The molecule has 0 N–H and O–H groups in total. The van der Waals surface area contributed by atoms with E-state index in [2.05, 4.69) is 49.1 Å². The van der Waals surface area contributed by atoms with Crippen molar-refractivity contribution in [3.63, 3.8) is 0 Å². The third-order valence-corrected chi connectivity index (χ3v) is 7.50. The second-order valence-electron chi connectivity index (χ2n) is 8.56. The number of aryl methyl sites for hydroxylation is 2. The molecule has 0 saturated carbocycles.